The van der Waals surface area contributed by atoms with Crippen molar-refractivity contribution in [3.8, 4) is 5.75 Å². The van der Waals surface area contributed by atoms with Gasteiger partial charge in [0.15, 0.2) is 0 Å². The fourth-order valence-electron chi connectivity index (χ4n) is 2.75. The molecule has 1 aliphatic rings. The van der Waals surface area contributed by atoms with Gasteiger partial charge in [-0.25, -0.2) is 4.98 Å². The topological polar surface area (TPSA) is 71.5 Å². The first-order valence-electron chi connectivity index (χ1n) is 7.76. The van der Waals surface area contributed by atoms with E-state index in [1.54, 1.807) is 24.1 Å². The third-order valence-corrected chi connectivity index (χ3v) is 4.00. The molecule has 6 heteroatoms. The Morgan fingerprint density at radius 3 is 2.83 bits per heavy atom. The maximum Gasteiger partial charge on any atom is 0.230 e. The van der Waals surface area contributed by atoms with E-state index in [0.717, 1.165) is 11.4 Å². The monoisotopic (exact) mass is 325 g/mol. The summed E-state index contributed by atoms with van der Waals surface area (Å²) < 4.78 is 5.19. The van der Waals surface area contributed by atoms with Crippen molar-refractivity contribution in [2.75, 3.05) is 23.9 Å². The van der Waals surface area contributed by atoms with E-state index >= 15 is 0 Å². The summed E-state index contributed by atoms with van der Waals surface area (Å²) in [6, 6.07) is 12.7. The highest BCUT2D eigenvalue weighted by Crippen LogP contribution is 2.28. The number of methoxy groups -OCH3 is 1. The Labute approximate surface area is 140 Å². The molecule has 0 bridgehead atoms. The van der Waals surface area contributed by atoms with Gasteiger partial charge in [-0.05, 0) is 31.2 Å². The molecule has 124 valence electrons. The van der Waals surface area contributed by atoms with E-state index in [0.29, 0.717) is 18.1 Å². The quantitative estimate of drug-likeness (QED) is 0.937. The lowest BCUT2D eigenvalue weighted by molar-refractivity contribution is -0.122. The van der Waals surface area contributed by atoms with Gasteiger partial charge in [0.1, 0.15) is 11.6 Å². The Kier molecular flexibility index (Phi) is 4.46. The summed E-state index contributed by atoms with van der Waals surface area (Å²) in [6.45, 7) is 2.21. The molecule has 0 unspecified atom stereocenters. The number of carbonyl (C=O) groups is 2. The van der Waals surface area contributed by atoms with E-state index in [1.165, 1.54) is 0 Å². The molecular weight excluding hydrogens is 306 g/mol. The lowest BCUT2D eigenvalue weighted by Crippen LogP contribution is -2.28. The third-order valence-electron chi connectivity index (χ3n) is 4.00. The van der Waals surface area contributed by atoms with Crippen molar-refractivity contribution >= 4 is 23.3 Å². The van der Waals surface area contributed by atoms with Gasteiger partial charge in [0.2, 0.25) is 11.8 Å². The van der Waals surface area contributed by atoms with Crippen LogP contribution in [0.15, 0.2) is 42.5 Å². The van der Waals surface area contributed by atoms with Crippen LogP contribution >= 0.6 is 0 Å². The molecule has 1 aliphatic heterocycles. The molecule has 6 nitrogen and oxygen atoms in total. The van der Waals surface area contributed by atoms with Crippen LogP contribution in [0.3, 0.4) is 0 Å². The number of amides is 2. The maximum absolute atomic E-state index is 12.4. The van der Waals surface area contributed by atoms with Gasteiger partial charge in [-0.15, -0.1) is 0 Å². The second-order valence-corrected chi connectivity index (χ2v) is 5.76. The highest BCUT2D eigenvalue weighted by molar-refractivity contribution is 6.03. The summed E-state index contributed by atoms with van der Waals surface area (Å²) >= 11 is 0. The van der Waals surface area contributed by atoms with Crippen LogP contribution in [-0.2, 0) is 9.59 Å². The molecule has 24 heavy (non-hydrogen) atoms. The minimum atomic E-state index is -0.397. The second kappa shape index (κ2) is 6.70. The van der Waals surface area contributed by atoms with Crippen LogP contribution in [0, 0.1) is 12.8 Å². The molecule has 0 aliphatic carbocycles. The first-order chi connectivity index (χ1) is 11.6. The lowest BCUT2D eigenvalue weighted by Gasteiger charge is -2.17. The number of pyridine rings is 1. The van der Waals surface area contributed by atoms with E-state index in [9.17, 15) is 9.59 Å². The van der Waals surface area contributed by atoms with Gasteiger partial charge < -0.3 is 15.0 Å². The van der Waals surface area contributed by atoms with Gasteiger partial charge >= 0.3 is 0 Å². The molecule has 1 aromatic carbocycles. The average Bonchev–Trinajstić information content (AvgIpc) is 2.97. The average molecular weight is 325 g/mol. The highest BCUT2D eigenvalue weighted by Gasteiger charge is 2.35. The minimum absolute atomic E-state index is 0.0689. The van der Waals surface area contributed by atoms with Gasteiger partial charge in [0, 0.05) is 30.4 Å². The number of hydrogen-bond acceptors (Lipinski definition) is 4. The van der Waals surface area contributed by atoms with Crippen LogP contribution < -0.4 is 15.0 Å². The molecule has 1 atom stereocenters. The molecule has 1 aromatic heterocycles. The SMILES string of the molecule is COc1cccc(N2C[C@@H](C(=O)Nc3cccc(C)n3)CC2=O)c1. The first-order valence-corrected chi connectivity index (χ1v) is 7.76. The van der Waals surface area contributed by atoms with Crippen molar-refractivity contribution in [2.24, 2.45) is 5.92 Å². The van der Waals surface area contributed by atoms with Crippen LogP contribution in [0.2, 0.25) is 0 Å². The van der Waals surface area contributed by atoms with Gasteiger partial charge in [-0.1, -0.05) is 12.1 Å². The van der Waals surface area contributed by atoms with E-state index < -0.39 is 5.92 Å². The minimum Gasteiger partial charge on any atom is -0.497 e. The van der Waals surface area contributed by atoms with Crippen molar-refractivity contribution < 1.29 is 14.3 Å². The molecule has 2 aromatic rings. The predicted octanol–water partition coefficient (Wildman–Crippen LogP) is 2.39. The van der Waals surface area contributed by atoms with Crippen molar-refractivity contribution in [1.82, 2.24) is 4.98 Å². The standard InChI is InChI=1S/C18H19N3O3/c1-12-5-3-8-16(19-12)20-18(23)13-9-17(22)21(11-13)14-6-4-7-15(10-14)24-2/h3-8,10,13H,9,11H2,1-2H3,(H,19,20,23)/t13-/m0/s1. The predicted molar refractivity (Wildman–Crippen MR) is 91.1 cm³/mol. The smallest absolute Gasteiger partial charge is 0.230 e. The van der Waals surface area contributed by atoms with Gasteiger partial charge in [-0.3, -0.25) is 9.59 Å². The van der Waals surface area contributed by atoms with Crippen molar-refractivity contribution in [3.05, 3.63) is 48.2 Å². The van der Waals surface area contributed by atoms with Crippen molar-refractivity contribution in [3.63, 3.8) is 0 Å². The summed E-state index contributed by atoms with van der Waals surface area (Å²) in [5.41, 5.74) is 1.57. The summed E-state index contributed by atoms with van der Waals surface area (Å²) in [5.74, 6) is 0.530. The van der Waals surface area contributed by atoms with Crippen LogP contribution in [0.25, 0.3) is 0 Å². The molecule has 1 saturated heterocycles. The van der Waals surface area contributed by atoms with Crippen LogP contribution in [-0.4, -0.2) is 30.5 Å². The Hall–Kier alpha value is -2.89. The normalized spacial score (nSPS) is 17.0. The number of nitrogens with zero attached hydrogens (tertiary/aromatic N) is 2. The lowest BCUT2D eigenvalue weighted by atomic mass is 10.1. The fourth-order valence-corrected chi connectivity index (χ4v) is 2.75. The molecule has 2 heterocycles. The van der Waals surface area contributed by atoms with Crippen molar-refractivity contribution in [1.29, 1.82) is 0 Å². The third kappa shape index (κ3) is 3.37. The number of carbonyl (C=O) groups excluding carboxylic acids is 2. The number of hydrogen-bond donors (Lipinski definition) is 1. The summed E-state index contributed by atoms with van der Waals surface area (Å²) in [6.07, 6.45) is 0.189. The van der Waals surface area contributed by atoms with E-state index in [2.05, 4.69) is 10.3 Å². The number of nitrogens with one attached hydrogen (secondary N) is 1. The van der Waals surface area contributed by atoms with Crippen molar-refractivity contribution in [2.45, 2.75) is 13.3 Å². The summed E-state index contributed by atoms with van der Waals surface area (Å²) in [7, 11) is 1.58. The van der Waals surface area contributed by atoms with Crippen LogP contribution in [0.5, 0.6) is 5.75 Å². The summed E-state index contributed by atoms with van der Waals surface area (Å²) in [4.78, 5) is 30.6. The summed E-state index contributed by atoms with van der Waals surface area (Å²) in [5, 5.41) is 2.79. The van der Waals surface area contributed by atoms with Gasteiger partial charge in [0.05, 0.1) is 13.0 Å². The number of aromatic nitrogens is 1. The van der Waals surface area contributed by atoms with E-state index in [4.69, 9.17) is 4.74 Å². The van der Waals surface area contributed by atoms with Crippen LogP contribution in [0.1, 0.15) is 12.1 Å². The first kappa shape index (κ1) is 16.0. The second-order valence-electron chi connectivity index (χ2n) is 5.76. The van der Waals surface area contributed by atoms with Crippen LogP contribution in [0.4, 0.5) is 11.5 Å². The molecule has 1 N–H and O–H groups in total. The van der Waals surface area contributed by atoms with E-state index in [1.807, 2.05) is 37.3 Å². The maximum atomic E-state index is 12.4. The Balaban J connectivity index is 1.70. The molecule has 0 spiro atoms. The Bertz CT molecular complexity index is 776. The molecular formula is C18H19N3O3. The molecule has 2 amide bonds. The Morgan fingerprint density at radius 1 is 1.29 bits per heavy atom. The molecule has 0 saturated carbocycles. The number of rotatable bonds is 4. The highest BCUT2D eigenvalue weighted by atomic mass is 16.5. The number of aryl methyl sites for hydroxylation is 1. The zero-order chi connectivity index (χ0) is 17.1. The number of anilines is 2. The number of ether oxygens (including phenoxy) is 1. The zero-order valence-corrected chi connectivity index (χ0v) is 13.7. The molecule has 3 rings (SSSR count). The number of benzene rings is 1. The van der Waals surface area contributed by atoms with Gasteiger partial charge in [-0.2, -0.15) is 0 Å². The molecule has 1 fully saturated rings. The zero-order valence-electron chi connectivity index (χ0n) is 13.7. The molecule has 0 radical (unpaired) electrons. The Morgan fingerprint density at radius 2 is 2.08 bits per heavy atom. The van der Waals surface area contributed by atoms with Gasteiger partial charge in [0.25, 0.3) is 0 Å². The van der Waals surface area contributed by atoms with E-state index in [-0.39, 0.29) is 18.2 Å². The fraction of sp³-hybridized carbons (Fsp3) is 0.278. The largest absolute Gasteiger partial charge is 0.497 e.